The second-order valence-electron chi connectivity index (χ2n) is 3.90. The summed E-state index contributed by atoms with van der Waals surface area (Å²) in [5, 5.41) is 9.86. The lowest BCUT2D eigenvalue weighted by Crippen LogP contribution is -2.21. The van der Waals surface area contributed by atoms with Crippen molar-refractivity contribution in [1.82, 2.24) is 25.1 Å². The van der Waals surface area contributed by atoms with Gasteiger partial charge in [-0.1, -0.05) is 6.92 Å². The maximum atomic E-state index is 11.6. The quantitative estimate of drug-likeness (QED) is 0.743. The molecule has 0 saturated heterocycles. The Labute approximate surface area is 111 Å². The Bertz CT molecular complexity index is 508. The highest BCUT2D eigenvalue weighted by Crippen LogP contribution is 2.08. The van der Waals surface area contributed by atoms with Gasteiger partial charge in [-0.05, 0) is 18.7 Å². The van der Waals surface area contributed by atoms with Crippen LogP contribution in [0.3, 0.4) is 0 Å². The molecule has 0 atom stereocenters. The van der Waals surface area contributed by atoms with Crippen LogP contribution in [0.2, 0.25) is 0 Å². The fourth-order valence-electron chi connectivity index (χ4n) is 1.52. The molecule has 0 spiro atoms. The summed E-state index contributed by atoms with van der Waals surface area (Å²) in [5.41, 5.74) is 0.672. The van der Waals surface area contributed by atoms with E-state index in [2.05, 4.69) is 25.7 Å². The molecule has 0 unspecified atom stereocenters. The minimum Gasteiger partial charge on any atom is -0.325 e. The highest BCUT2D eigenvalue weighted by atomic mass is 16.1. The highest BCUT2D eigenvalue weighted by Gasteiger charge is 2.03. The molecule has 0 radical (unpaired) electrons. The van der Waals surface area contributed by atoms with Gasteiger partial charge in [-0.15, -0.1) is 0 Å². The number of rotatable bonds is 6. The third kappa shape index (κ3) is 3.85. The first-order chi connectivity index (χ1) is 9.29. The molecule has 0 aliphatic heterocycles. The van der Waals surface area contributed by atoms with Crippen LogP contribution in [-0.4, -0.2) is 38.7 Å². The number of hydrogen-bond donors (Lipinski definition) is 2. The smallest absolute Gasteiger partial charge is 0.225 e. The summed E-state index contributed by atoms with van der Waals surface area (Å²) < 4.78 is 1.55. The van der Waals surface area contributed by atoms with Crippen molar-refractivity contribution in [2.24, 2.45) is 0 Å². The van der Waals surface area contributed by atoms with Crippen LogP contribution in [0.4, 0.5) is 5.69 Å². The standard InChI is InChI=1S/C12H16N6O/c1-2-13-6-5-12(19)17-10-3-4-11(15-7-10)18-9-14-8-16-18/h3-4,7-9,13H,2,5-6H2,1H3,(H,17,19). The van der Waals surface area contributed by atoms with E-state index in [9.17, 15) is 4.79 Å². The molecule has 2 rings (SSSR count). The molecule has 2 aromatic rings. The van der Waals surface area contributed by atoms with Crippen LogP contribution in [0.1, 0.15) is 13.3 Å². The zero-order chi connectivity index (χ0) is 13.5. The van der Waals surface area contributed by atoms with E-state index in [1.54, 1.807) is 29.3 Å². The van der Waals surface area contributed by atoms with Gasteiger partial charge >= 0.3 is 0 Å². The number of aromatic nitrogens is 4. The number of amides is 1. The maximum absolute atomic E-state index is 11.6. The molecule has 2 N–H and O–H groups in total. The molecule has 7 heteroatoms. The van der Waals surface area contributed by atoms with Crippen molar-refractivity contribution in [1.29, 1.82) is 0 Å². The summed E-state index contributed by atoms with van der Waals surface area (Å²) in [7, 11) is 0. The van der Waals surface area contributed by atoms with Gasteiger partial charge in [0, 0.05) is 13.0 Å². The minimum absolute atomic E-state index is 0.0312. The normalized spacial score (nSPS) is 10.4. The van der Waals surface area contributed by atoms with E-state index >= 15 is 0 Å². The molecule has 19 heavy (non-hydrogen) atoms. The Morgan fingerprint density at radius 1 is 1.42 bits per heavy atom. The number of nitrogens with zero attached hydrogens (tertiary/aromatic N) is 4. The molecule has 100 valence electrons. The van der Waals surface area contributed by atoms with Crippen LogP contribution in [0.25, 0.3) is 5.82 Å². The molecule has 0 aliphatic carbocycles. The Hall–Kier alpha value is -2.28. The van der Waals surface area contributed by atoms with E-state index in [-0.39, 0.29) is 5.91 Å². The topological polar surface area (TPSA) is 84.7 Å². The van der Waals surface area contributed by atoms with Crippen molar-refractivity contribution in [3.8, 4) is 5.82 Å². The first kappa shape index (κ1) is 13.2. The van der Waals surface area contributed by atoms with Crippen LogP contribution in [0.5, 0.6) is 0 Å². The Morgan fingerprint density at radius 2 is 2.32 bits per heavy atom. The molecule has 0 aromatic carbocycles. The lowest BCUT2D eigenvalue weighted by Gasteiger charge is -2.06. The molecule has 0 aliphatic rings. The summed E-state index contributed by atoms with van der Waals surface area (Å²) in [4.78, 5) is 19.6. The van der Waals surface area contributed by atoms with E-state index in [1.165, 1.54) is 6.33 Å². The Kier molecular flexibility index (Phi) is 4.57. The van der Waals surface area contributed by atoms with Gasteiger partial charge in [0.1, 0.15) is 12.7 Å². The van der Waals surface area contributed by atoms with Crippen molar-refractivity contribution >= 4 is 11.6 Å². The van der Waals surface area contributed by atoms with Crippen molar-refractivity contribution < 1.29 is 4.79 Å². The number of nitrogens with one attached hydrogen (secondary N) is 2. The van der Waals surface area contributed by atoms with Gasteiger partial charge in [-0.2, -0.15) is 5.10 Å². The van der Waals surface area contributed by atoms with E-state index in [1.807, 2.05) is 6.92 Å². The predicted octanol–water partition coefficient (Wildman–Crippen LogP) is 0.600. The van der Waals surface area contributed by atoms with E-state index in [0.29, 0.717) is 24.5 Å². The molecule has 0 saturated carbocycles. The van der Waals surface area contributed by atoms with Gasteiger partial charge in [0.25, 0.3) is 0 Å². The molecule has 7 nitrogen and oxygen atoms in total. The summed E-state index contributed by atoms with van der Waals surface area (Å²) >= 11 is 0. The second kappa shape index (κ2) is 6.60. The van der Waals surface area contributed by atoms with Crippen LogP contribution in [0.15, 0.2) is 31.0 Å². The Balaban J connectivity index is 1.90. The molecule has 0 bridgehead atoms. The zero-order valence-electron chi connectivity index (χ0n) is 10.7. The van der Waals surface area contributed by atoms with Crippen LogP contribution in [0, 0.1) is 0 Å². The first-order valence-electron chi connectivity index (χ1n) is 6.11. The van der Waals surface area contributed by atoms with Crippen LogP contribution < -0.4 is 10.6 Å². The van der Waals surface area contributed by atoms with Gasteiger partial charge < -0.3 is 10.6 Å². The van der Waals surface area contributed by atoms with Crippen molar-refractivity contribution in [2.45, 2.75) is 13.3 Å². The minimum atomic E-state index is -0.0312. The van der Waals surface area contributed by atoms with Gasteiger partial charge in [0.05, 0.1) is 11.9 Å². The molecular formula is C12H16N6O. The molecule has 1 amide bonds. The average Bonchev–Trinajstić information content (AvgIpc) is 2.94. The maximum Gasteiger partial charge on any atom is 0.225 e. The largest absolute Gasteiger partial charge is 0.325 e. The van der Waals surface area contributed by atoms with E-state index < -0.39 is 0 Å². The molecule has 2 aromatic heterocycles. The van der Waals surface area contributed by atoms with Crippen molar-refractivity contribution in [3.63, 3.8) is 0 Å². The van der Waals surface area contributed by atoms with Gasteiger partial charge in [0.2, 0.25) is 5.91 Å². The molecular weight excluding hydrogens is 244 g/mol. The highest BCUT2D eigenvalue weighted by molar-refractivity contribution is 5.90. The fourth-order valence-corrected chi connectivity index (χ4v) is 1.52. The number of carbonyl (C=O) groups excluding carboxylic acids is 1. The third-order valence-electron chi connectivity index (χ3n) is 2.46. The van der Waals surface area contributed by atoms with E-state index in [0.717, 1.165) is 6.54 Å². The number of anilines is 1. The summed E-state index contributed by atoms with van der Waals surface area (Å²) in [5.74, 6) is 0.624. The molecule has 2 heterocycles. The monoisotopic (exact) mass is 260 g/mol. The first-order valence-corrected chi connectivity index (χ1v) is 6.11. The lowest BCUT2D eigenvalue weighted by atomic mass is 10.3. The van der Waals surface area contributed by atoms with Crippen LogP contribution in [-0.2, 0) is 4.79 Å². The lowest BCUT2D eigenvalue weighted by molar-refractivity contribution is -0.116. The SMILES string of the molecule is CCNCCC(=O)Nc1ccc(-n2cncn2)nc1. The average molecular weight is 260 g/mol. The number of hydrogen-bond acceptors (Lipinski definition) is 5. The second-order valence-corrected chi connectivity index (χ2v) is 3.90. The van der Waals surface area contributed by atoms with Gasteiger partial charge in [-0.3, -0.25) is 4.79 Å². The van der Waals surface area contributed by atoms with Gasteiger partial charge in [-0.25, -0.2) is 14.6 Å². The van der Waals surface area contributed by atoms with Crippen molar-refractivity contribution in [2.75, 3.05) is 18.4 Å². The predicted molar refractivity (Wildman–Crippen MR) is 70.9 cm³/mol. The number of pyridine rings is 1. The summed E-state index contributed by atoms with van der Waals surface area (Å²) in [6, 6.07) is 3.56. The summed E-state index contributed by atoms with van der Waals surface area (Å²) in [6.45, 7) is 3.54. The Morgan fingerprint density at radius 3 is 2.95 bits per heavy atom. The zero-order valence-corrected chi connectivity index (χ0v) is 10.7. The number of carbonyl (C=O) groups is 1. The third-order valence-corrected chi connectivity index (χ3v) is 2.46. The van der Waals surface area contributed by atoms with Crippen LogP contribution >= 0.6 is 0 Å². The molecule has 0 fully saturated rings. The van der Waals surface area contributed by atoms with Gasteiger partial charge in [0.15, 0.2) is 5.82 Å². The van der Waals surface area contributed by atoms with Crippen molar-refractivity contribution in [3.05, 3.63) is 31.0 Å². The summed E-state index contributed by atoms with van der Waals surface area (Å²) in [6.07, 6.45) is 5.05. The van der Waals surface area contributed by atoms with E-state index in [4.69, 9.17) is 0 Å². The fraction of sp³-hybridized carbons (Fsp3) is 0.333.